The smallest absolute Gasteiger partial charge is 0.196 e. The molecule has 0 atom stereocenters. The molecule has 4 heteroatoms. The molecule has 2 aromatic rings. The van der Waals surface area contributed by atoms with Gasteiger partial charge in [-0.15, -0.1) is 0 Å². The van der Waals surface area contributed by atoms with Gasteiger partial charge in [-0.1, -0.05) is 32.0 Å². The van der Waals surface area contributed by atoms with Crippen LogP contribution in [0.25, 0.3) is 11.3 Å². The highest BCUT2D eigenvalue weighted by Crippen LogP contribution is 2.25. The van der Waals surface area contributed by atoms with Crippen LogP contribution in [0.2, 0.25) is 0 Å². The first-order chi connectivity index (χ1) is 8.66. The molecule has 0 radical (unpaired) electrons. The van der Waals surface area contributed by atoms with Gasteiger partial charge in [0.2, 0.25) is 0 Å². The van der Waals surface area contributed by atoms with Crippen LogP contribution in [-0.2, 0) is 6.42 Å². The number of halogens is 1. The van der Waals surface area contributed by atoms with Crippen LogP contribution in [0.5, 0.6) is 0 Å². The number of hydrogen-bond acceptors (Lipinski definition) is 3. The molecule has 0 aliphatic carbocycles. The SMILES string of the molecule is CC(C)NCCc1ncc(-c2ccccc2I)o1. The molecule has 96 valence electrons. The Kier molecular flexibility index (Phi) is 4.77. The maximum atomic E-state index is 5.78. The van der Waals surface area contributed by atoms with E-state index in [9.17, 15) is 0 Å². The average molecular weight is 356 g/mol. The van der Waals surface area contributed by atoms with E-state index in [0.29, 0.717) is 6.04 Å². The summed E-state index contributed by atoms with van der Waals surface area (Å²) in [5.41, 5.74) is 1.11. The van der Waals surface area contributed by atoms with Crippen molar-refractivity contribution < 1.29 is 4.42 Å². The molecule has 0 aliphatic rings. The number of hydrogen-bond donors (Lipinski definition) is 1. The highest BCUT2D eigenvalue weighted by atomic mass is 127. The molecule has 1 N–H and O–H groups in total. The van der Waals surface area contributed by atoms with Gasteiger partial charge in [0.25, 0.3) is 0 Å². The number of aromatic nitrogens is 1. The van der Waals surface area contributed by atoms with Crippen molar-refractivity contribution in [1.82, 2.24) is 10.3 Å². The second-order valence-corrected chi connectivity index (χ2v) is 5.62. The molecule has 0 aliphatic heterocycles. The molecular weight excluding hydrogens is 339 g/mol. The van der Waals surface area contributed by atoms with E-state index < -0.39 is 0 Å². The van der Waals surface area contributed by atoms with Crippen molar-refractivity contribution >= 4 is 22.6 Å². The zero-order valence-corrected chi connectivity index (χ0v) is 12.8. The predicted molar refractivity (Wildman–Crippen MR) is 81.5 cm³/mol. The fraction of sp³-hybridized carbons (Fsp3) is 0.357. The molecular formula is C14H17IN2O. The quantitative estimate of drug-likeness (QED) is 0.834. The van der Waals surface area contributed by atoms with Crippen LogP contribution in [0.15, 0.2) is 34.9 Å². The number of nitrogens with zero attached hydrogens (tertiary/aromatic N) is 1. The Bertz CT molecular complexity index is 508. The standard InChI is InChI=1S/C14H17IN2O/c1-10(2)16-8-7-14-17-9-13(18-14)11-5-3-4-6-12(11)15/h3-6,9-10,16H,7-8H2,1-2H3. The molecule has 18 heavy (non-hydrogen) atoms. The third-order valence-corrected chi connectivity index (χ3v) is 3.53. The van der Waals surface area contributed by atoms with Crippen LogP contribution in [0.3, 0.4) is 0 Å². The summed E-state index contributed by atoms with van der Waals surface area (Å²) in [7, 11) is 0. The van der Waals surface area contributed by atoms with E-state index in [1.165, 1.54) is 3.57 Å². The zero-order chi connectivity index (χ0) is 13.0. The van der Waals surface area contributed by atoms with Crippen molar-refractivity contribution in [2.75, 3.05) is 6.54 Å². The minimum atomic E-state index is 0.495. The summed E-state index contributed by atoms with van der Waals surface area (Å²) >= 11 is 2.31. The molecule has 0 bridgehead atoms. The Morgan fingerprint density at radius 3 is 2.83 bits per heavy atom. The van der Waals surface area contributed by atoms with Crippen LogP contribution >= 0.6 is 22.6 Å². The van der Waals surface area contributed by atoms with Crippen LogP contribution in [0, 0.1) is 3.57 Å². The molecule has 3 nitrogen and oxygen atoms in total. The van der Waals surface area contributed by atoms with E-state index in [1.54, 1.807) is 0 Å². The second-order valence-electron chi connectivity index (χ2n) is 4.46. The molecule has 0 amide bonds. The largest absolute Gasteiger partial charge is 0.441 e. The van der Waals surface area contributed by atoms with Gasteiger partial charge in [-0.25, -0.2) is 4.98 Å². The van der Waals surface area contributed by atoms with Crippen LogP contribution in [0.4, 0.5) is 0 Å². The fourth-order valence-corrected chi connectivity index (χ4v) is 2.33. The summed E-state index contributed by atoms with van der Waals surface area (Å²) < 4.78 is 6.96. The van der Waals surface area contributed by atoms with E-state index >= 15 is 0 Å². The summed E-state index contributed by atoms with van der Waals surface area (Å²) in [6.07, 6.45) is 2.63. The lowest BCUT2D eigenvalue weighted by Crippen LogP contribution is -2.24. The third-order valence-electron chi connectivity index (χ3n) is 2.58. The van der Waals surface area contributed by atoms with Crippen molar-refractivity contribution in [3.05, 3.63) is 39.9 Å². The van der Waals surface area contributed by atoms with E-state index in [-0.39, 0.29) is 0 Å². The first kappa shape index (κ1) is 13.5. The zero-order valence-electron chi connectivity index (χ0n) is 10.6. The van der Waals surface area contributed by atoms with E-state index in [4.69, 9.17) is 4.42 Å². The van der Waals surface area contributed by atoms with E-state index in [2.05, 4.69) is 58.9 Å². The minimum absolute atomic E-state index is 0.495. The topological polar surface area (TPSA) is 38.1 Å². The highest BCUT2D eigenvalue weighted by Gasteiger charge is 2.08. The van der Waals surface area contributed by atoms with Crippen molar-refractivity contribution in [2.24, 2.45) is 0 Å². The lowest BCUT2D eigenvalue weighted by molar-refractivity contribution is 0.484. The maximum absolute atomic E-state index is 5.78. The number of oxazole rings is 1. The Labute approximate surface area is 121 Å². The van der Waals surface area contributed by atoms with Crippen LogP contribution in [0.1, 0.15) is 19.7 Å². The first-order valence-corrected chi connectivity index (χ1v) is 7.17. The lowest BCUT2D eigenvalue weighted by atomic mass is 10.2. The molecule has 0 unspecified atom stereocenters. The van der Waals surface area contributed by atoms with Gasteiger partial charge in [-0.05, 0) is 28.7 Å². The first-order valence-electron chi connectivity index (χ1n) is 6.10. The monoisotopic (exact) mass is 356 g/mol. The van der Waals surface area contributed by atoms with Crippen molar-refractivity contribution in [3.8, 4) is 11.3 Å². The van der Waals surface area contributed by atoms with Gasteiger partial charge in [0.1, 0.15) is 0 Å². The van der Waals surface area contributed by atoms with E-state index in [1.807, 2.05) is 18.3 Å². The van der Waals surface area contributed by atoms with Gasteiger partial charge in [0, 0.05) is 28.1 Å². The Hall–Kier alpha value is -0.880. The summed E-state index contributed by atoms with van der Waals surface area (Å²) in [6.45, 7) is 5.16. The normalized spacial score (nSPS) is 11.1. The Morgan fingerprint density at radius 1 is 1.33 bits per heavy atom. The number of rotatable bonds is 5. The maximum Gasteiger partial charge on any atom is 0.196 e. The van der Waals surface area contributed by atoms with Crippen molar-refractivity contribution in [1.29, 1.82) is 0 Å². The molecule has 1 aromatic carbocycles. The Morgan fingerprint density at radius 2 is 2.11 bits per heavy atom. The summed E-state index contributed by atoms with van der Waals surface area (Å²) in [5, 5.41) is 3.35. The van der Waals surface area contributed by atoms with E-state index in [0.717, 1.165) is 30.2 Å². The van der Waals surface area contributed by atoms with Crippen molar-refractivity contribution in [2.45, 2.75) is 26.3 Å². The Balaban J connectivity index is 2.04. The van der Waals surface area contributed by atoms with Gasteiger partial charge >= 0.3 is 0 Å². The minimum Gasteiger partial charge on any atom is -0.441 e. The molecule has 0 saturated carbocycles. The van der Waals surface area contributed by atoms with Gasteiger partial charge in [0.15, 0.2) is 11.7 Å². The summed E-state index contributed by atoms with van der Waals surface area (Å²) in [6, 6.07) is 8.65. The summed E-state index contributed by atoms with van der Waals surface area (Å²) in [4.78, 5) is 4.32. The molecule has 0 spiro atoms. The van der Waals surface area contributed by atoms with Gasteiger partial charge in [0.05, 0.1) is 6.20 Å². The van der Waals surface area contributed by atoms with Crippen LogP contribution < -0.4 is 5.32 Å². The summed E-state index contributed by atoms with van der Waals surface area (Å²) in [5.74, 6) is 1.64. The average Bonchev–Trinajstić information content (AvgIpc) is 2.78. The molecule has 1 aromatic heterocycles. The highest BCUT2D eigenvalue weighted by molar-refractivity contribution is 14.1. The molecule has 1 heterocycles. The second kappa shape index (κ2) is 6.33. The van der Waals surface area contributed by atoms with Crippen molar-refractivity contribution in [3.63, 3.8) is 0 Å². The van der Waals surface area contributed by atoms with Gasteiger partial charge < -0.3 is 9.73 Å². The molecule has 0 saturated heterocycles. The fourth-order valence-electron chi connectivity index (χ4n) is 1.68. The van der Waals surface area contributed by atoms with Gasteiger partial charge in [-0.2, -0.15) is 0 Å². The number of nitrogens with one attached hydrogen (secondary N) is 1. The lowest BCUT2D eigenvalue weighted by Gasteiger charge is -2.05. The third kappa shape index (κ3) is 3.55. The predicted octanol–water partition coefficient (Wildman–Crippen LogP) is 3.49. The molecule has 0 fully saturated rings. The van der Waals surface area contributed by atoms with Gasteiger partial charge in [-0.3, -0.25) is 0 Å². The number of benzene rings is 1. The molecule has 2 rings (SSSR count). The van der Waals surface area contributed by atoms with Crippen LogP contribution in [-0.4, -0.2) is 17.6 Å².